The summed E-state index contributed by atoms with van der Waals surface area (Å²) in [5.74, 6) is -0.335. The normalized spacial score (nSPS) is 10.6. The van der Waals surface area contributed by atoms with Gasteiger partial charge >= 0.3 is 0 Å². The lowest BCUT2D eigenvalue weighted by Gasteiger charge is -2.10. The van der Waals surface area contributed by atoms with E-state index >= 15 is 0 Å². The number of benzene rings is 2. The molecule has 0 bridgehead atoms. The first-order valence-electron chi connectivity index (χ1n) is 6.59. The summed E-state index contributed by atoms with van der Waals surface area (Å²) < 4.78 is 1.78. The summed E-state index contributed by atoms with van der Waals surface area (Å²) in [7, 11) is 0. The molecule has 4 nitrogen and oxygen atoms in total. The van der Waals surface area contributed by atoms with E-state index < -0.39 is 0 Å². The lowest BCUT2D eigenvalue weighted by molar-refractivity contribution is 0.102. The second-order valence-electron chi connectivity index (χ2n) is 4.71. The van der Waals surface area contributed by atoms with E-state index in [1.54, 1.807) is 53.6 Å². The number of halogens is 3. The average Bonchev–Trinajstić information content (AvgIpc) is 3.01. The van der Waals surface area contributed by atoms with Gasteiger partial charge in [-0.1, -0.05) is 34.8 Å². The largest absolute Gasteiger partial charge is 0.322 e. The van der Waals surface area contributed by atoms with Crippen molar-refractivity contribution in [1.29, 1.82) is 0 Å². The number of aromatic nitrogens is 2. The summed E-state index contributed by atoms with van der Waals surface area (Å²) in [4.78, 5) is 16.3. The van der Waals surface area contributed by atoms with E-state index in [0.29, 0.717) is 21.3 Å². The molecule has 1 amide bonds. The molecule has 0 fully saturated rings. The number of anilines is 1. The molecule has 0 radical (unpaired) electrons. The molecule has 7 heteroatoms. The number of carbonyl (C=O) groups excluding carboxylic acids is 1. The Balaban J connectivity index is 1.83. The van der Waals surface area contributed by atoms with Crippen LogP contribution in [0.4, 0.5) is 5.69 Å². The van der Waals surface area contributed by atoms with Crippen LogP contribution < -0.4 is 5.32 Å². The van der Waals surface area contributed by atoms with E-state index in [9.17, 15) is 4.79 Å². The highest BCUT2D eigenvalue weighted by atomic mass is 35.5. The number of carbonyl (C=O) groups is 1. The Hall–Kier alpha value is -2.01. The van der Waals surface area contributed by atoms with Gasteiger partial charge in [0.25, 0.3) is 5.91 Å². The summed E-state index contributed by atoms with van der Waals surface area (Å²) in [6, 6.07) is 9.91. The van der Waals surface area contributed by atoms with Crippen molar-refractivity contribution >= 4 is 46.4 Å². The minimum Gasteiger partial charge on any atom is -0.322 e. The Kier molecular flexibility index (Phi) is 4.57. The van der Waals surface area contributed by atoms with Crippen molar-refractivity contribution in [2.75, 3.05) is 5.32 Å². The van der Waals surface area contributed by atoms with Crippen LogP contribution in [0.1, 0.15) is 10.4 Å². The summed E-state index contributed by atoms with van der Waals surface area (Å²) in [6.07, 6.45) is 5.09. The molecule has 0 aliphatic rings. The van der Waals surface area contributed by atoms with Crippen molar-refractivity contribution in [2.45, 2.75) is 0 Å². The zero-order valence-corrected chi connectivity index (χ0v) is 13.9. The van der Waals surface area contributed by atoms with Gasteiger partial charge < -0.3 is 9.88 Å². The molecule has 2 aromatic carbocycles. The van der Waals surface area contributed by atoms with E-state index in [1.807, 2.05) is 0 Å². The first kappa shape index (κ1) is 15.9. The first-order chi connectivity index (χ1) is 11.0. The maximum atomic E-state index is 12.3. The maximum Gasteiger partial charge on any atom is 0.257 e. The minimum absolute atomic E-state index is 0.288. The van der Waals surface area contributed by atoms with Gasteiger partial charge in [-0.3, -0.25) is 4.79 Å². The number of hydrogen-bond donors (Lipinski definition) is 1. The number of rotatable bonds is 3. The molecule has 0 aliphatic carbocycles. The monoisotopic (exact) mass is 365 g/mol. The van der Waals surface area contributed by atoms with Crippen molar-refractivity contribution in [3.05, 3.63) is 75.8 Å². The highest BCUT2D eigenvalue weighted by molar-refractivity contribution is 6.37. The van der Waals surface area contributed by atoms with Gasteiger partial charge in [-0.2, -0.15) is 0 Å². The van der Waals surface area contributed by atoms with Gasteiger partial charge in [0.15, 0.2) is 0 Å². The van der Waals surface area contributed by atoms with Gasteiger partial charge in [-0.25, -0.2) is 4.98 Å². The van der Waals surface area contributed by atoms with E-state index in [2.05, 4.69) is 10.3 Å². The second-order valence-corrected chi connectivity index (χ2v) is 5.97. The molecule has 0 atom stereocenters. The molecular weight excluding hydrogens is 357 g/mol. The topological polar surface area (TPSA) is 46.9 Å². The van der Waals surface area contributed by atoms with Crippen LogP contribution in [-0.4, -0.2) is 15.5 Å². The third-order valence-corrected chi connectivity index (χ3v) is 4.01. The zero-order valence-electron chi connectivity index (χ0n) is 11.6. The van der Waals surface area contributed by atoms with Gasteiger partial charge in [-0.15, -0.1) is 0 Å². The summed E-state index contributed by atoms with van der Waals surface area (Å²) in [5.41, 5.74) is 1.67. The van der Waals surface area contributed by atoms with Gasteiger partial charge in [0, 0.05) is 23.1 Å². The molecule has 0 spiro atoms. The van der Waals surface area contributed by atoms with Crippen molar-refractivity contribution in [1.82, 2.24) is 9.55 Å². The van der Waals surface area contributed by atoms with Crippen LogP contribution in [0.5, 0.6) is 0 Å². The van der Waals surface area contributed by atoms with Crippen LogP contribution in [0.2, 0.25) is 15.1 Å². The highest BCUT2D eigenvalue weighted by Gasteiger charge is 2.12. The van der Waals surface area contributed by atoms with Crippen molar-refractivity contribution < 1.29 is 4.79 Å². The molecule has 0 aliphatic heterocycles. The number of nitrogens with one attached hydrogen (secondary N) is 1. The zero-order chi connectivity index (χ0) is 16.4. The highest BCUT2D eigenvalue weighted by Crippen LogP contribution is 2.26. The Bertz CT molecular complexity index is 863. The van der Waals surface area contributed by atoms with E-state index in [4.69, 9.17) is 34.8 Å². The van der Waals surface area contributed by atoms with Gasteiger partial charge in [-0.05, 0) is 36.4 Å². The van der Waals surface area contributed by atoms with Crippen molar-refractivity contribution in [3.63, 3.8) is 0 Å². The Morgan fingerprint density at radius 3 is 2.52 bits per heavy atom. The summed E-state index contributed by atoms with van der Waals surface area (Å²) >= 11 is 18.1. The fourth-order valence-corrected chi connectivity index (χ4v) is 2.84. The molecule has 116 valence electrons. The van der Waals surface area contributed by atoms with E-state index in [-0.39, 0.29) is 10.9 Å². The van der Waals surface area contributed by atoms with Crippen LogP contribution in [0.3, 0.4) is 0 Å². The van der Waals surface area contributed by atoms with Crippen LogP contribution in [0.25, 0.3) is 5.69 Å². The number of imidazole rings is 1. The molecule has 0 unspecified atom stereocenters. The predicted molar refractivity (Wildman–Crippen MR) is 93.0 cm³/mol. The minimum atomic E-state index is -0.335. The quantitative estimate of drug-likeness (QED) is 0.702. The molecule has 1 heterocycles. The number of amides is 1. The van der Waals surface area contributed by atoms with Crippen LogP contribution in [-0.2, 0) is 0 Å². The first-order valence-corrected chi connectivity index (χ1v) is 7.72. The molecule has 1 N–H and O–H groups in total. The van der Waals surface area contributed by atoms with Gasteiger partial charge in [0.2, 0.25) is 0 Å². The molecule has 1 aromatic heterocycles. The van der Waals surface area contributed by atoms with Gasteiger partial charge in [0.1, 0.15) is 0 Å². The lowest BCUT2D eigenvalue weighted by atomic mass is 10.2. The SMILES string of the molecule is O=C(Nc1ccc(-n2ccnc2)c(Cl)c1)c1ccc(Cl)cc1Cl. The third kappa shape index (κ3) is 3.50. The maximum absolute atomic E-state index is 12.3. The molecular formula is C16H10Cl3N3O. The smallest absolute Gasteiger partial charge is 0.257 e. The molecule has 3 rings (SSSR count). The third-order valence-electron chi connectivity index (χ3n) is 3.16. The molecule has 0 saturated carbocycles. The molecule has 3 aromatic rings. The van der Waals surface area contributed by atoms with Crippen molar-refractivity contribution in [2.24, 2.45) is 0 Å². The standard InChI is InChI=1S/C16H10Cl3N3O/c17-10-1-3-12(13(18)7-10)16(23)21-11-2-4-15(14(19)8-11)22-6-5-20-9-22/h1-9H,(H,21,23). The predicted octanol–water partition coefficient (Wildman–Crippen LogP) is 5.08. The van der Waals surface area contributed by atoms with E-state index in [0.717, 1.165) is 5.69 Å². The Labute approximate surface area is 147 Å². The number of nitrogens with zero attached hydrogens (tertiary/aromatic N) is 2. The number of hydrogen-bond acceptors (Lipinski definition) is 2. The Morgan fingerprint density at radius 2 is 1.87 bits per heavy atom. The summed E-state index contributed by atoms with van der Waals surface area (Å²) in [5, 5.41) is 4.00. The van der Waals surface area contributed by atoms with Gasteiger partial charge in [0.05, 0.1) is 27.6 Å². The van der Waals surface area contributed by atoms with Crippen LogP contribution in [0, 0.1) is 0 Å². The van der Waals surface area contributed by atoms with E-state index in [1.165, 1.54) is 6.07 Å². The van der Waals surface area contributed by atoms with Crippen molar-refractivity contribution in [3.8, 4) is 5.69 Å². The fourth-order valence-electron chi connectivity index (χ4n) is 2.07. The summed E-state index contributed by atoms with van der Waals surface area (Å²) in [6.45, 7) is 0. The second kappa shape index (κ2) is 6.62. The Morgan fingerprint density at radius 1 is 1.04 bits per heavy atom. The van der Waals surface area contributed by atoms with Crippen LogP contribution in [0.15, 0.2) is 55.1 Å². The molecule has 0 saturated heterocycles. The van der Waals surface area contributed by atoms with Crippen LogP contribution >= 0.6 is 34.8 Å². The average molecular weight is 367 g/mol. The lowest BCUT2D eigenvalue weighted by Crippen LogP contribution is -2.12. The molecule has 23 heavy (non-hydrogen) atoms. The fraction of sp³-hybridized carbons (Fsp3) is 0.